The third kappa shape index (κ3) is 4.83. The van der Waals surface area contributed by atoms with Gasteiger partial charge in [-0.3, -0.25) is 9.59 Å². The Bertz CT molecular complexity index is 898. The molecule has 2 amide bonds. The Morgan fingerprint density at radius 1 is 1.14 bits per heavy atom. The van der Waals surface area contributed by atoms with Gasteiger partial charge in [0.15, 0.2) is 0 Å². The third-order valence-electron chi connectivity index (χ3n) is 4.78. The summed E-state index contributed by atoms with van der Waals surface area (Å²) in [5.74, 6) is -0.130. The minimum atomic E-state index is -0.381. The lowest BCUT2D eigenvalue weighted by Gasteiger charge is -2.19. The van der Waals surface area contributed by atoms with Crippen LogP contribution in [0.1, 0.15) is 35.7 Å². The summed E-state index contributed by atoms with van der Waals surface area (Å²) in [5, 5.41) is 3.69. The number of nitrogens with one attached hydrogen (secondary N) is 1. The van der Waals surface area contributed by atoms with Gasteiger partial charge in [0, 0.05) is 34.3 Å². The Balaban J connectivity index is 1.72. The molecule has 7 heteroatoms. The van der Waals surface area contributed by atoms with E-state index in [1.807, 2.05) is 30.9 Å². The second-order valence-corrected chi connectivity index (χ2v) is 9.03. The van der Waals surface area contributed by atoms with Crippen LogP contribution in [0, 0.1) is 6.92 Å². The molecule has 1 saturated heterocycles. The highest BCUT2D eigenvalue weighted by molar-refractivity contribution is 8.00. The molecule has 0 bridgehead atoms. The number of benzene rings is 2. The zero-order valence-corrected chi connectivity index (χ0v) is 18.1. The Labute approximate surface area is 179 Å². The van der Waals surface area contributed by atoms with E-state index in [1.54, 1.807) is 24.3 Å². The normalized spacial score (nSPS) is 14.8. The van der Waals surface area contributed by atoms with Crippen LogP contribution < -0.4 is 5.32 Å². The lowest BCUT2D eigenvalue weighted by atomic mass is 10.1. The number of nitrogens with zero attached hydrogens (tertiary/aromatic N) is 1. The van der Waals surface area contributed by atoms with E-state index >= 15 is 0 Å². The summed E-state index contributed by atoms with van der Waals surface area (Å²) in [4.78, 5) is 28.1. The molecule has 4 nitrogen and oxygen atoms in total. The zero-order valence-electron chi connectivity index (χ0n) is 15.8. The molecule has 28 heavy (non-hydrogen) atoms. The summed E-state index contributed by atoms with van der Waals surface area (Å²) in [7, 11) is 0. The highest BCUT2D eigenvalue weighted by atomic mass is 35.5. The average molecular weight is 437 g/mol. The lowest BCUT2D eigenvalue weighted by Crippen LogP contribution is -2.29. The molecule has 0 saturated carbocycles. The molecule has 0 aromatic heterocycles. The number of hydrogen-bond donors (Lipinski definition) is 1. The number of amides is 2. The quantitative estimate of drug-likeness (QED) is 0.615. The van der Waals surface area contributed by atoms with Crippen molar-refractivity contribution in [3.63, 3.8) is 0 Å². The number of carbonyl (C=O) groups is 2. The summed E-state index contributed by atoms with van der Waals surface area (Å²) < 4.78 is 0. The predicted molar refractivity (Wildman–Crippen MR) is 117 cm³/mol. The third-order valence-corrected chi connectivity index (χ3v) is 6.62. The Morgan fingerprint density at radius 2 is 1.86 bits per heavy atom. The summed E-state index contributed by atoms with van der Waals surface area (Å²) in [5.41, 5.74) is 2.07. The van der Waals surface area contributed by atoms with Gasteiger partial charge in [0.25, 0.3) is 5.91 Å². The van der Waals surface area contributed by atoms with Crippen LogP contribution in [0.5, 0.6) is 0 Å². The molecule has 1 aliphatic heterocycles. The Hall–Kier alpha value is -1.69. The second kappa shape index (κ2) is 9.21. The van der Waals surface area contributed by atoms with Gasteiger partial charge < -0.3 is 10.2 Å². The van der Waals surface area contributed by atoms with Crippen LogP contribution in [0.25, 0.3) is 0 Å². The van der Waals surface area contributed by atoms with Gasteiger partial charge in [-0.1, -0.05) is 29.3 Å². The molecule has 1 N–H and O–H groups in total. The Kier molecular flexibility index (Phi) is 6.91. The molecule has 3 rings (SSSR count). The highest BCUT2D eigenvalue weighted by Crippen LogP contribution is 2.33. The van der Waals surface area contributed by atoms with Gasteiger partial charge in [0.2, 0.25) is 5.91 Å². The van der Waals surface area contributed by atoms with Crippen molar-refractivity contribution in [2.45, 2.75) is 36.8 Å². The van der Waals surface area contributed by atoms with E-state index in [4.69, 9.17) is 23.2 Å². The van der Waals surface area contributed by atoms with Crippen molar-refractivity contribution in [2.24, 2.45) is 0 Å². The number of likely N-dealkylation sites (tertiary alicyclic amines) is 1. The van der Waals surface area contributed by atoms with E-state index in [-0.39, 0.29) is 17.1 Å². The summed E-state index contributed by atoms with van der Waals surface area (Å²) in [6, 6.07) is 10.6. The molecule has 1 unspecified atom stereocenters. The van der Waals surface area contributed by atoms with Gasteiger partial charge in [-0.15, -0.1) is 11.8 Å². The van der Waals surface area contributed by atoms with Crippen molar-refractivity contribution >= 4 is 52.5 Å². The molecule has 1 fully saturated rings. The molecular formula is C21H22Cl2N2O2S. The van der Waals surface area contributed by atoms with E-state index in [2.05, 4.69) is 5.32 Å². The molecule has 1 aliphatic rings. The van der Waals surface area contributed by atoms with Gasteiger partial charge >= 0.3 is 0 Å². The van der Waals surface area contributed by atoms with Crippen LogP contribution in [-0.4, -0.2) is 35.1 Å². The standard InChI is InChI=1S/C21H22Cl2N2O2S/c1-13-16(21(27)25-10-3-4-11-25)6-5-7-18(13)24-20(26)14(2)28-19-12-15(22)8-9-17(19)23/h5-9,12,14H,3-4,10-11H2,1-2H3,(H,24,26). The first-order valence-electron chi connectivity index (χ1n) is 9.18. The molecule has 0 spiro atoms. The van der Waals surface area contributed by atoms with Crippen LogP contribution in [0.15, 0.2) is 41.3 Å². The maximum atomic E-state index is 12.7. The van der Waals surface area contributed by atoms with Crippen molar-refractivity contribution in [3.8, 4) is 0 Å². The fraction of sp³-hybridized carbons (Fsp3) is 0.333. The van der Waals surface area contributed by atoms with Gasteiger partial charge in [-0.2, -0.15) is 0 Å². The SMILES string of the molecule is Cc1c(NC(=O)C(C)Sc2cc(Cl)ccc2Cl)cccc1C(=O)N1CCCC1. The number of rotatable bonds is 5. The smallest absolute Gasteiger partial charge is 0.254 e. The molecule has 2 aromatic carbocycles. The maximum Gasteiger partial charge on any atom is 0.254 e. The topological polar surface area (TPSA) is 49.4 Å². The predicted octanol–water partition coefficient (Wildman–Crippen LogP) is 5.66. The van der Waals surface area contributed by atoms with Crippen LogP contribution in [0.3, 0.4) is 0 Å². The second-order valence-electron chi connectivity index (χ2n) is 6.80. The van der Waals surface area contributed by atoms with Crippen LogP contribution in [0.2, 0.25) is 10.0 Å². The van der Waals surface area contributed by atoms with Crippen molar-refractivity contribution in [1.29, 1.82) is 0 Å². The Morgan fingerprint density at radius 3 is 2.57 bits per heavy atom. The molecule has 0 aliphatic carbocycles. The van der Waals surface area contributed by atoms with Gasteiger partial charge in [-0.25, -0.2) is 0 Å². The van der Waals surface area contributed by atoms with Crippen molar-refractivity contribution in [2.75, 3.05) is 18.4 Å². The van der Waals surface area contributed by atoms with E-state index < -0.39 is 0 Å². The summed E-state index contributed by atoms with van der Waals surface area (Å²) in [6.45, 7) is 5.27. The van der Waals surface area contributed by atoms with E-state index in [0.29, 0.717) is 21.3 Å². The maximum absolute atomic E-state index is 12.7. The van der Waals surface area contributed by atoms with E-state index in [0.717, 1.165) is 36.4 Å². The fourth-order valence-electron chi connectivity index (χ4n) is 3.14. The largest absolute Gasteiger partial charge is 0.339 e. The average Bonchev–Trinajstić information content (AvgIpc) is 3.20. The monoisotopic (exact) mass is 436 g/mol. The number of carbonyl (C=O) groups excluding carboxylic acids is 2. The first-order valence-corrected chi connectivity index (χ1v) is 10.8. The van der Waals surface area contributed by atoms with Crippen molar-refractivity contribution in [3.05, 3.63) is 57.6 Å². The van der Waals surface area contributed by atoms with Crippen LogP contribution in [-0.2, 0) is 4.79 Å². The molecule has 2 aromatic rings. The number of thioether (sulfide) groups is 1. The van der Waals surface area contributed by atoms with Crippen LogP contribution >= 0.6 is 35.0 Å². The van der Waals surface area contributed by atoms with Gasteiger partial charge in [0.1, 0.15) is 0 Å². The van der Waals surface area contributed by atoms with Gasteiger partial charge in [-0.05, 0) is 62.6 Å². The molecule has 1 heterocycles. The highest BCUT2D eigenvalue weighted by Gasteiger charge is 2.23. The molecule has 0 radical (unpaired) electrons. The minimum Gasteiger partial charge on any atom is -0.339 e. The molecule has 148 valence electrons. The molecule has 1 atom stereocenters. The number of anilines is 1. The summed E-state index contributed by atoms with van der Waals surface area (Å²) >= 11 is 13.6. The molecular weight excluding hydrogens is 415 g/mol. The minimum absolute atomic E-state index is 0.0271. The van der Waals surface area contributed by atoms with E-state index in [1.165, 1.54) is 11.8 Å². The van der Waals surface area contributed by atoms with E-state index in [9.17, 15) is 9.59 Å². The van der Waals surface area contributed by atoms with Crippen molar-refractivity contribution in [1.82, 2.24) is 4.90 Å². The zero-order chi connectivity index (χ0) is 20.3. The first-order chi connectivity index (χ1) is 13.4. The first kappa shape index (κ1) is 21.0. The number of hydrogen-bond acceptors (Lipinski definition) is 3. The van der Waals surface area contributed by atoms with Crippen molar-refractivity contribution < 1.29 is 9.59 Å². The lowest BCUT2D eigenvalue weighted by molar-refractivity contribution is -0.115. The fourth-order valence-corrected chi connectivity index (χ4v) is 4.55. The van der Waals surface area contributed by atoms with Gasteiger partial charge in [0.05, 0.1) is 10.3 Å². The summed E-state index contributed by atoms with van der Waals surface area (Å²) in [6.07, 6.45) is 2.09. The number of halogens is 2. The van der Waals surface area contributed by atoms with Crippen LogP contribution in [0.4, 0.5) is 5.69 Å².